The van der Waals surface area contributed by atoms with Crippen molar-refractivity contribution in [2.45, 2.75) is 11.4 Å². The van der Waals surface area contributed by atoms with Gasteiger partial charge in [-0.25, -0.2) is 25.6 Å². The number of nitrogens with one attached hydrogen (secondary N) is 2. The second-order valence-electron chi connectivity index (χ2n) is 6.75. The van der Waals surface area contributed by atoms with Crippen LogP contribution in [0.2, 0.25) is 0 Å². The smallest absolute Gasteiger partial charge is 0.269 e. The summed E-state index contributed by atoms with van der Waals surface area (Å²) in [5.41, 5.74) is 1.09. The maximum atomic E-state index is 14.1. The minimum Gasteiger partial charge on any atom is -0.353 e. The van der Waals surface area contributed by atoms with E-state index in [1.165, 1.54) is 36.8 Å². The van der Waals surface area contributed by atoms with Gasteiger partial charge in [0.2, 0.25) is 0 Å². The normalized spacial score (nSPS) is 11.7. The van der Waals surface area contributed by atoms with Gasteiger partial charge in [-0.05, 0) is 49.0 Å². The Labute approximate surface area is 176 Å². The number of pyridine rings is 1. The van der Waals surface area contributed by atoms with E-state index in [4.69, 9.17) is 0 Å². The van der Waals surface area contributed by atoms with E-state index in [2.05, 4.69) is 15.6 Å². The summed E-state index contributed by atoms with van der Waals surface area (Å²) in [7, 11) is -2.22. The molecule has 0 aliphatic heterocycles. The van der Waals surface area contributed by atoms with Crippen LogP contribution in [0.1, 0.15) is 5.56 Å². The predicted octanol–water partition coefficient (Wildman–Crippen LogP) is 4.15. The molecule has 0 fully saturated rings. The van der Waals surface area contributed by atoms with Gasteiger partial charge in [0.15, 0.2) is 17.5 Å². The van der Waals surface area contributed by atoms with Crippen molar-refractivity contribution in [2.24, 2.45) is 0 Å². The van der Waals surface area contributed by atoms with Gasteiger partial charge in [0.1, 0.15) is 4.90 Å². The molecular formula is C21H17F3N4O2S. The Morgan fingerprint density at radius 3 is 2.58 bits per heavy atom. The highest BCUT2D eigenvalue weighted by Crippen LogP contribution is 2.30. The molecule has 0 spiro atoms. The average molecular weight is 446 g/mol. The minimum atomic E-state index is -3.96. The summed E-state index contributed by atoms with van der Waals surface area (Å²) in [6.45, 7) is 0.413. The van der Waals surface area contributed by atoms with Gasteiger partial charge in [0.25, 0.3) is 10.0 Å². The standard InChI is InChI=1S/C21H17F3N4O2S/c1-25-10-13-12-28(31(29,30)15-3-2-8-26-11-15)19-9-14(4-5-16(13)19)27-18-7-6-17(22)20(23)21(18)24/h2-9,11-12,25,27H,10H2,1H3. The van der Waals surface area contributed by atoms with Crippen LogP contribution in [0.25, 0.3) is 10.9 Å². The van der Waals surface area contributed by atoms with E-state index in [0.29, 0.717) is 23.1 Å². The minimum absolute atomic E-state index is 0.00733. The topological polar surface area (TPSA) is 76.0 Å². The molecule has 0 atom stereocenters. The second kappa shape index (κ2) is 8.05. The fourth-order valence-corrected chi connectivity index (χ4v) is 4.61. The van der Waals surface area contributed by atoms with Crippen molar-refractivity contribution in [3.63, 3.8) is 0 Å². The lowest BCUT2D eigenvalue weighted by atomic mass is 10.1. The molecule has 0 radical (unpaired) electrons. The lowest BCUT2D eigenvalue weighted by Gasteiger charge is -2.11. The van der Waals surface area contributed by atoms with Crippen LogP contribution < -0.4 is 10.6 Å². The summed E-state index contributed by atoms with van der Waals surface area (Å²) < 4.78 is 68.4. The number of fused-ring (bicyclic) bond motifs is 1. The summed E-state index contributed by atoms with van der Waals surface area (Å²) in [5.74, 6) is -4.26. The number of hydrogen-bond acceptors (Lipinski definition) is 5. The van der Waals surface area contributed by atoms with Gasteiger partial charge in [-0.3, -0.25) is 4.98 Å². The molecule has 0 aliphatic carbocycles. The first-order valence-corrected chi connectivity index (χ1v) is 10.6. The van der Waals surface area contributed by atoms with Gasteiger partial charge >= 0.3 is 0 Å². The van der Waals surface area contributed by atoms with E-state index in [-0.39, 0.29) is 10.6 Å². The third-order valence-electron chi connectivity index (χ3n) is 4.73. The van der Waals surface area contributed by atoms with Crippen molar-refractivity contribution in [1.82, 2.24) is 14.3 Å². The molecule has 0 saturated heterocycles. The monoisotopic (exact) mass is 446 g/mol. The Kier molecular flexibility index (Phi) is 5.42. The molecule has 10 heteroatoms. The Hall–Kier alpha value is -3.37. The molecule has 0 amide bonds. The van der Waals surface area contributed by atoms with E-state index in [1.807, 2.05) is 0 Å². The fourth-order valence-electron chi connectivity index (χ4n) is 3.27. The van der Waals surface area contributed by atoms with E-state index >= 15 is 0 Å². The van der Waals surface area contributed by atoms with Crippen LogP contribution in [0, 0.1) is 17.5 Å². The number of hydrogen-bond donors (Lipinski definition) is 2. The maximum Gasteiger partial charge on any atom is 0.269 e. The van der Waals surface area contributed by atoms with Crippen molar-refractivity contribution >= 4 is 32.3 Å². The number of halogens is 3. The van der Waals surface area contributed by atoms with Crippen LogP contribution in [0.4, 0.5) is 24.5 Å². The molecule has 31 heavy (non-hydrogen) atoms. The van der Waals surface area contributed by atoms with E-state index < -0.39 is 27.5 Å². The zero-order valence-corrected chi connectivity index (χ0v) is 17.1. The Morgan fingerprint density at radius 2 is 1.87 bits per heavy atom. The molecule has 160 valence electrons. The fraction of sp³-hybridized carbons (Fsp3) is 0.0952. The molecule has 2 N–H and O–H groups in total. The van der Waals surface area contributed by atoms with Crippen molar-refractivity contribution < 1.29 is 21.6 Å². The van der Waals surface area contributed by atoms with Gasteiger partial charge in [-0.15, -0.1) is 0 Å². The average Bonchev–Trinajstić information content (AvgIpc) is 3.13. The molecule has 4 rings (SSSR count). The van der Waals surface area contributed by atoms with E-state index in [1.54, 1.807) is 19.2 Å². The highest BCUT2D eigenvalue weighted by Gasteiger charge is 2.22. The molecule has 0 aliphatic rings. The van der Waals surface area contributed by atoms with Crippen LogP contribution >= 0.6 is 0 Å². The number of aromatic nitrogens is 2. The molecule has 2 aromatic carbocycles. The Balaban J connectivity index is 1.85. The summed E-state index contributed by atoms with van der Waals surface area (Å²) in [4.78, 5) is 3.88. The number of rotatable bonds is 6. The number of nitrogens with zero attached hydrogens (tertiary/aromatic N) is 2. The maximum absolute atomic E-state index is 14.1. The van der Waals surface area contributed by atoms with Gasteiger partial charge in [-0.1, -0.05) is 6.07 Å². The van der Waals surface area contributed by atoms with Crippen LogP contribution in [0.15, 0.2) is 66.0 Å². The van der Waals surface area contributed by atoms with E-state index in [0.717, 1.165) is 21.7 Å². The van der Waals surface area contributed by atoms with E-state index in [9.17, 15) is 21.6 Å². The highest BCUT2D eigenvalue weighted by atomic mass is 32.2. The summed E-state index contributed by atoms with van der Waals surface area (Å²) >= 11 is 0. The Bertz CT molecular complexity index is 1370. The van der Waals surface area contributed by atoms with Crippen molar-refractivity contribution in [3.8, 4) is 0 Å². The van der Waals surface area contributed by atoms with Gasteiger partial charge in [0.05, 0.1) is 11.2 Å². The predicted molar refractivity (Wildman–Crippen MR) is 111 cm³/mol. The number of benzene rings is 2. The lowest BCUT2D eigenvalue weighted by Crippen LogP contribution is -2.12. The lowest BCUT2D eigenvalue weighted by molar-refractivity contribution is 0.449. The third kappa shape index (κ3) is 3.75. The van der Waals surface area contributed by atoms with Crippen LogP contribution in [-0.2, 0) is 16.6 Å². The van der Waals surface area contributed by atoms with Crippen LogP contribution in [-0.4, -0.2) is 24.4 Å². The van der Waals surface area contributed by atoms with Gasteiger partial charge < -0.3 is 10.6 Å². The van der Waals surface area contributed by atoms with Crippen molar-refractivity contribution in [1.29, 1.82) is 0 Å². The summed E-state index contributed by atoms with van der Waals surface area (Å²) in [6.07, 6.45) is 4.22. The zero-order valence-electron chi connectivity index (χ0n) is 16.2. The first-order chi connectivity index (χ1) is 14.8. The molecule has 0 unspecified atom stereocenters. The Morgan fingerprint density at radius 1 is 1.06 bits per heavy atom. The molecular weight excluding hydrogens is 429 g/mol. The van der Waals surface area contributed by atoms with Crippen LogP contribution in [0.3, 0.4) is 0 Å². The van der Waals surface area contributed by atoms with Crippen molar-refractivity contribution in [3.05, 3.63) is 84.1 Å². The second-order valence-corrected chi connectivity index (χ2v) is 8.57. The molecule has 4 aromatic rings. The highest BCUT2D eigenvalue weighted by molar-refractivity contribution is 7.90. The molecule has 0 bridgehead atoms. The van der Waals surface area contributed by atoms with Crippen molar-refractivity contribution in [2.75, 3.05) is 12.4 Å². The van der Waals surface area contributed by atoms with Gasteiger partial charge in [-0.2, -0.15) is 0 Å². The number of anilines is 2. The summed E-state index contributed by atoms with van der Waals surface area (Å²) in [5, 5.41) is 6.33. The third-order valence-corrected chi connectivity index (χ3v) is 6.38. The molecule has 0 saturated carbocycles. The van der Waals surface area contributed by atoms with Crippen LogP contribution in [0.5, 0.6) is 0 Å². The quantitative estimate of drug-likeness (QED) is 0.435. The SMILES string of the molecule is CNCc1cn(S(=O)(=O)c2cccnc2)c2cc(Nc3ccc(F)c(F)c3F)ccc12. The molecule has 2 heterocycles. The van der Waals surface area contributed by atoms with Gasteiger partial charge in [0, 0.05) is 36.2 Å². The molecule has 6 nitrogen and oxygen atoms in total. The largest absolute Gasteiger partial charge is 0.353 e. The zero-order chi connectivity index (χ0) is 22.2. The molecule has 2 aromatic heterocycles. The first kappa shape index (κ1) is 20.9. The summed E-state index contributed by atoms with van der Waals surface area (Å²) in [6, 6.07) is 9.61. The first-order valence-electron chi connectivity index (χ1n) is 9.17.